The average molecular weight is 838 g/mol. The van der Waals surface area contributed by atoms with E-state index in [0.29, 0.717) is 18.6 Å². The standard InChI is InChI=1S/C36H55NO19S/c1-9-10-11-12-13-14-15-37-28(45)18-57-56-36-34(52-25(8)44)32(50-23(6)42)30(27(54-36)17-47-20(3)39)55-35-33(51-24(7)43)31(49-22(5)41)29(48-21(4)40)26(53-35)16-46-19(2)38/h26-27,29-36H,9-18H2,1-8H3,(H,37,45)/t26-,27-,29+,30?,31+,32+,33-,34-,35+,36+/m1/s1. The summed E-state index contributed by atoms with van der Waals surface area (Å²) in [4.78, 5) is 98.4. The summed E-state index contributed by atoms with van der Waals surface area (Å²) in [5.74, 6) is -6.56. The Bertz CT molecular complexity index is 1380. The molecule has 2 saturated heterocycles. The van der Waals surface area contributed by atoms with Gasteiger partial charge in [0.15, 0.2) is 36.8 Å². The summed E-state index contributed by atoms with van der Waals surface area (Å²) in [6, 6.07) is 0. The van der Waals surface area contributed by atoms with Gasteiger partial charge in [-0.3, -0.25) is 42.5 Å². The van der Waals surface area contributed by atoms with Gasteiger partial charge >= 0.3 is 41.8 Å². The molecule has 1 amide bonds. The van der Waals surface area contributed by atoms with Crippen molar-refractivity contribution < 1.29 is 89.9 Å². The van der Waals surface area contributed by atoms with Crippen LogP contribution in [0.5, 0.6) is 0 Å². The summed E-state index contributed by atoms with van der Waals surface area (Å²) >= 11 is 0.653. The van der Waals surface area contributed by atoms with Crippen LogP contribution >= 0.6 is 12.0 Å². The Labute approximate surface area is 335 Å². The van der Waals surface area contributed by atoms with Crippen LogP contribution in [0.25, 0.3) is 0 Å². The second-order valence-electron chi connectivity index (χ2n) is 13.1. The third-order valence-corrected chi connectivity index (χ3v) is 8.80. The van der Waals surface area contributed by atoms with Gasteiger partial charge in [0.25, 0.3) is 0 Å². The van der Waals surface area contributed by atoms with Crippen molar-refractivity contribution in [3.05, 3.63) is 0 Å². The first-order valence-corrected chi connectivity index (χ1v) is 19.5. The topological polar surface area (TPSA) is 250 Å². The van der Waals surface area contributed by atoms with E-state index >= 15 is 0 Å². The molecule has 0 aromatic carbocycles. The molecule has 0 aromatic heterocycles. The summed E-state index contributed by atoms with van der Waals surface area (Å²) in [7, 11) is 0. The summed E-state index contributed by atoms with van der Waals surface area (Å²) in [5.41, 5.74) is 0. The highest BCUT2D eigenvalue weighted by Gasteiger charge is 2.57. The maximum Gasteiger partial charge on any atom is 0.303 e. The quantitative estimate of drug-likeness (QED) is 0.0706. The van der Waals surface area contributed by atoms with Gasteiger partial charge < -0.3 is 52.7 Å². The molecule has 20 nitrogen and oxygen atoms in total. The molecule has 0 aliphatic carbocycles. The Hall–Kier alpha value is -4.05. The molecule has 57 heavy (non-hydrogen) atoms. The molecular weight excluding hydrogens is 782 g/mol. The Kier molecular flexibility index (Phi) is 21.8. The van der Waals surface area contributed by atoms with Gasteiger partial charge in [0.05, 0.1) is 5.75 Å². The molecule has 10 atom stereocenters. The number of hydrogen-bond acceptors (Lipinski definition) is 20. The van der Waals surface area contributed by atoms with Crippen molar-refractivity contribution in [1.82, 2.24) is 5.32 Å². The predicted octanol–water partition coefficient (Wildman–Crippen LogP) is 1.75. The Morgan fingerprint density at radius 1 is 0.509 bits per heavy atom. The fourth-order valence-electron chi connectivity index (χ4n) is 5.89. The summed E-state index contributed by atoms with van der Waals surface area (Å²) in [6.45, 7) is 8.83. The first-order chi connectivity index (χ1) is 26.9. The first kappa shape index (κ1) is 49.1. The van der Waals surface area contributed by atoms with Gasteiger partial charge in [-0.25, -0.2) is 0 Å². The van der Waals surface area contributed by atoms with Crippen LogP contribution in [0.3, 0.4) is 0 Å². The summed E-state index contributed by atoms with van der Waals surface area (Å²) < 4.78 is 62.1. The Morgan fingerprint density at radius 3 is 1.44 bits per heavy atom. The molecule has 2 rings (SSSR count). The van der Waals surface area contributed by atoms with Gasteiger partial charge in [0, 0.05) is 67.1 Å². The maximum absolute atomic E-state index is 12.6. The summed E-state index contributed by atoms with van der Waals surface area (Å²) in [5, 5.41) is 2.80. The minimum Gasteiger partial charge on any atom is -0.463 e. The highest BCUT2D eigenvalue weighted by molar-refractivity contribution is 7.95. The van der Waals surface area contributed by atoms with Gasteiger partial charge in [0.1, 0.15) is 31.5 Å². The van der Waals surface area contributed by atoms with Crippen molar-refractivity contribution in [3.8, 4) is 0 Å². The van der Waals surface area contributed by atoms with E-state index in [-0.39, 0.29) is 11.7 Å². The van der Waals surface area contributed by atoms with Crippen LogP contribution < -0.4 is 5.32 Å². The molecule has 0 spiro atoms. The molecule has 0 saturated carbocycles. The second-order valence-corrected chi connectivity index (χ2v) is 13.9. The van der Waals surface area contributed by atoms with E-state index in [0.717, 1.165) is 87.0 Å². The largest absolute Gasteiger partial charge is 0.463 e. The molecular formula is C36H55NO19S. The number of esters is 7. The Balaban J connectivity index is 2.52. The third kappa shape index (κ3) is 18.0. The molecule has 0 aromatic rings. The third-order valence-electron chi connectivity index (χ3n) is 8.09. The van der Waals surface area contributed by atoms with Gasteiger partial charge in [-0.2, -0.15) is 0 Å². The van der Waals surface area contributed by atoms with Crippen LogP contribution in [0.15, 0.2) is 0 Å². The molecule has 324 valence electrons. The van der Waals surface area contributed by atoms with Gasteiger partial charge in [-0.1, -0.05) is 39.0 Å². The number of carbonyl (C=O) groups excluding carboxylic acids is 8. The van der Waals surface area contributed by atoms with Crippen molar-refractivity contribution in [3.63, 3.8) is 0 Å². The zero-order valence-electron chi connectivity index (χ0n) is 33.5. The Morgan fingerprint density at radius 2 is 0.930 bits per heavy atom. The molecule has 1 unspecified atom stereocenters. The van der Waals surface area contributed by atoms with Crippen molar-refractivity contribution in [1.29, 1.82) is 0 Å². The lowest BCUT2D eigenvalue weighted by molar-refractivity contribution is -0.354. The number of ether oxygens (including phenoxy) is 10. The molecule has 2 heterocycles. The van der Waals surface area contributed by atoms with Gasteiger partial charge in [-0.15, -0.1) is 0 Å². The minimum absolute atomic E-state index is 0.208. The van der Waals surface area contributed by atoms with Crippen molar-refractivity contribution >= 4 is 59.7 Å². The van der Waals surface area contributed by atoms with Crippen LogP contribution in [0.4, 0.5) is 0 Å². The molecule has 2 aliphatic rings. The minimum atomic E-state index is -1.82. The van der Waals surface area contributed by atoms with Crippen LogP contribution in [-0.4, -0.2) is 135 Å². The fraction of sp³-hybridized carbons (Fsp3) is 0.778. The summed E-state index contributed by atoms with van der Waals surface area (Å²) in [6.07, 6.45) is -9.75. The molecule has 1 N–H and O–H groups in total. The number of carbonyl (C=O) groups is 8. The number of unbranched alkanes of at least 4 members (excludes halogenated alkanes) is 5. The number of amides is 1. The smallest absolute Gasteiger partial charge is 0.303 e. The first-order valence-electron chi connectivity index (χ1n) is 18.6. The van der Waals surface area contributed by atoms with E-state index < -0.39 is 116 Å². The van der Waals surface area contributed by atoms with Crippen LogP contribution in [0.2, 0.25) is 0 Å². The number of nitrogens with one attached hydrogen (secondary N) is 1. The van der Waals surface area contributed by atoms with Crippen molar-refractivity contribution in [2.45, 2.75) is 155 Å². The average Bonchev–Trinajstić information content (AvgIpc) is 3.09. The SMILES string of the molecule is CCCCCCCCNC(=O)CSO[C@@H]1O[C@H](COC(C)=O)C(O[C@@H]2O[C@H](COC(C)=O)[C@H](OC(C)=O)[C@H](OC(C)=O)[C@H]2OC(C)=O)[C@H](OC(C)=O)[C@H]1OC(C)=O. The predicted molar refractivity (Wildman–Crippen MR) is 193 cm³/mol. The van der Waals surface area contributed by atoms with Gasteiger partial charge in [0.2, 0.25) is 12.2 Å². The van der Waals surface area contributed by atoms with Crippen LogP contribution in [0.1, 0.15) is 93.9 Å². The van der Waals surface area contributed by atoms with E-state index in [1.807, 2.05) is 0 Å². The molecule has 0 bridgehead atoms. The lowest BCUT2D eigenvalue weighted by atomic mass is 9.96. The van der Waals surface area contributed by atoms with Crippen LogP contribution in [-0.2, 0) is 89.9 Å². The molecule has 21 heteroatoms. The van der Waals surface area contributed by atoms with E-state index in [1.165, 1.54) is 0 Å². The van der Waals surface area contributed by atoms with Crippen LogP contribution in [0, 0.1) is 0 Å². The zero-order valence-corrected chi connectivity index (χ0v) is 34.3. The fourth-order valence-corrected chi connectivity index (χ4v) is 6.45. The lowest BCUT2D eigenvalue weighted by Crippen LogP contribution is -2.67. The number of hydrogen-bond donors (Lipinski definition) is 1. The van der Waals surface area contributed by atoms with Gasteiger partial charge in [-0.05, 0) is 6.42 Å². The molecule has 2 aliphatic heterocycles. The van der Waals surface area contributed by atoms with Crippen molar-refractivity contribution in [2.24, 2.45) is 0 Å². The molecule has 0 radical (unpaired) electrons. The second kappa shape index (κ2) is 25.3. The normalized spacial score (nSPS) is 26.9. The van der Waals surface area contributed by atoms with E-state index in [1.54, 1.807) is 0 Å². The van der Waals surface area contributed by atoms with Crippen molar-refractivity contribution in [2.75, 3.05) is 25.5 Å². The highest BCUT2D eigenvalue weighted by atomic mass is 32.2. The molecule has 2 fully saturated rings. The lowest BCUT2D eigenvalue weighted by Gasteiger charge is -2.48. The van der Waals surface area contributed by atoms with E-state index in [4.69, 9.17) is 51.6 Å². The highest BCUT2D eigenvalue weighted by Crippen LogP contribution is 2.36. The monoisotopic (exact) mass is 837 g/mol. The van der Waals surface area contributed by atoms with E-state index in [2.05, 4.69) is 12.2 Å². The maximum atomic E-state index is 12.6. The van der Waals surface area contributed by atoms with E-state index in [9.17, 15) is 38.4 Å². The zero-order chi connectivity index (χ0) is 42.7. The number of rotatable bonds is 22.